The maximum Gasteiger partial charge on any atom is 0.129 e. The Morgan fingerprint density at radius 2 is 1.80 bits per heavy atom. The number of carbonyl (C=O) groups excluding carboxylic acids is 1. The quantitative estimate of drug-likeness (QED) is 0.646. The van der Waals surface area contributed by atoms with Crippen molar-refractivity contribution < 1.29 is 37.5 Å². The van der Waals surface area contributed by atoms with Crippen LogP contribution in [0.15, 0.2) is 0 Å². The molecule has 0 spiro atoms. The van der Waals surface area contributed by atoms with Crippen molar-refractivity contribution >= 4 is 5.78 Å². The fourth-order valence-electron chi connectivity index (χ4n) is 0.801. The van der Waals surface area contributed by atoms with Crippen molar-refractivity contribution in [3.63, 3.8) is 0 Å². The third-order valence-corrected chi connectivity index (χ3v) is 1.38. The number of Topliss-reactive ketones (excluding diaryl/α,β-unsaturated/α-hetero) is 1. The third-order valence-electron chi connectivity index (χ3n) is 1.38. The van der Waals surface area contributed by atoms with Gasteiger partial charge >= 0.3 is 0 Å². The van der Waals surface area contributed by atoms with E-state index in [1.807, 2.05) is 0 Å². The first kappa shape index (κ1) is 13.4. The predicted molar refractivity (Wildman–Crippen MR) is 39.4 cm³/mol. The van der Waals surface area contributed by atoms with E-state index < -0.39 is 0 Å². The van der Waals surface area contributed by atoms with Crippen molar-refractivity contribution in [1.82, 2.24) is 0 Å². The molecule has 0 N–H and O–H groups in total. The summed E-state index contributed by atoms with van der Waals surface area (Å²) < 4.78 is 0. The first-order valence-electron chi connectivity index (χ1n) is 3.76. The van der Waals surface area contributed by atoms with Crippen molar-refractivity contribution in [1.29, 1.82) is 0 Å². The van der Waals surface area contributed by atoms with Gasteiger partial charge in [-0.15, -0.1) is 0 Å². The van der Waals surface area contributed by atoms with Crippen LogP contribution in [0, 0.1) is 0 Å². The molecule has 0 saturated heterocycles. The molecule has 0 bridgehead atoms. The molecule has 0 atom stereocenters. The molecule has 1 nitrogen and oxygen atoms in total. The summed E-state index contributed by atoms with van der Waals surface area (Å²) in [5, 5.41) is 0. The molecular weight excluding hydrogens is 201 g/mol. The van der Waals surface area contributed by atoms with Crippen LogP contribution in [0.5, 0.6) is 0 Å². The van der Waals surface area contributed by atoms with Gasteiger partial charge in [0.15, 0.2) is 0 Å². The first-order valence-corrected chi connectivity index (χ1v) is 3.76. The van der Waals surface area contributed by atoms with Crippen molar-refractivity contribution in [2.45, 2.75) is 46.0 Å². The summed E-state index contributed by atoms with van der Waals surface area (Å²) >= 11 is 0. The van der Waals surface area contributed by atoms with Crippen LogP contribution < -0.4 is 0 Å². The monoisotopic (exact) mass is 217 g/mol. The summed E-state index contributed by atoms with van der Waals surface area (Å²) in [5.74, 6) is 0.325. The van der Waals surface area contributed by atoms with Crippen molar-refractivity contribution in [3.05, 3.63) is 0 Å². The third kappa shape index (κ3) is 11.6. The number of ketones is 1. The van der Waals surface area contributed by atoms with Gasteiger partial charge in [-0.25, -0.2) is 0 Å². The molecule has 2 heteroatoms. The molecule has 1 radical (unpaired) electrons. The average molecular weight is 217 g/mol. The van der Waals surface area contributed by atoms with Gasteiger partial charge in [0.05, 0.1) is 0 Å². The molecule has 0 rings (SSSR count). The molecule has 0 aliphatic rings. The van der Waals surface area contributed by atoms with E-state index in [0.29, 0.717) is 5.78 Å². The summed E-state index contributed by atoms with van der Waals surface area (Å²) in [4.78, 5) is 10.4. The first-order chi connectivity index (χ1) is 4.27. The molecule has 0 aromatic carbocycles. The van der Waals surface area contributed by atoms with E-state index >= 15 is 0 Å². The average Bonchev–Trinajstić information content (AvgIpc) is 1.80. The van der Waals surface area contributed by atoms with Crippen LogP contribution in [0.4, 0.5) is 0 Å². The molecule has 0 aliphatic heterocycles. The van der Waals surface area contributed by atoms with Gasteiger partial charge in [0.2, 0.25) is 0 Å². The largest absolute Gasteiger partial charge is 0.300 e. The zero-order valence-electron chi connectivity index (χ0n) is 7.02. The minimum absolute atomic E-state index is 0. The van der Waals surface area contributed by atoms with Crippen LogP contribution in [0.1, 0.15) is 46.0 Å². The zero-order chi connectivity index (χ0) is 7.11. The van der Waals surface area contributed by atoms with Gasteiger partial charge in [0.1, 0.15) is 5.78 Å². The molecule has 0 heterocycles. The van der Waals surface area contributed by atoms with Crippen LogP contribution in [0.3, 0.4) is 0 Å². The second kappa shape index (κ2) is 9.77. The van der Waals surface area contributed by atoms with Crippen LogP contribution >= 0.6 is 0 Å². The van der Waals surface area contributed by atoms with Crippen LogP contribution in [0.25, 0.3) is 0 Å². The Morgan fingerprint density at radius 1 is 1.20 bits per heavy atom. The Balaban J connectivity index is 0. The van der Waals surface area contributed by atoms with E-state index in [-0.39, 0.29) is 32.7 Å². The van der Waals surface area contributed by atoms with Crippen LogP contribution in [-0.4, -0.2) is 5.78 Å². The molecule has 0 fully saturated rings. The van der Waals surface area contributed by atoms with E-state index in [9.17, 15) is 4.79 Å². The fraction of sp³-hybridized carbons (Fsp3) is 0.875. The molecular formula is C8H16OY. The summed E-state index contributed by atoms with van der Waals surface area (Å²) in [6.45, 7) is 3.83. The zero-order valence-corrected chi connectivity index (χ0v) is 9.86. The number of unbranched alkanes of at least 4 members (excludes halogenated alkanes) is 3. The van der Waals surface area contributed by atoms with Gasteiger partial charge in [0, 0.05) is 39.1 Å². The van der Waals surface area contributed by atoms with Gasteiger partial charge in [0.25, 0.3) is 0 Å². The van der Waals surface area contributed by atoms with Crippen LogP contribution in [-0.2, 0) is 37.5 Å². The van der Waals surface area contributed by atoms with E-state index in [1.54, 1.807) is 6.92 Å². The number of hydrogen-bond acceptors (Lipinski definition) is 1. The number of carbonyl (C=O) groups is 1. The van der Waals surface area contributed by atoms with Gasteiger partial charge in [-0.1, -0.05) is 26.2 Å². The topological polar surface area (TPSA) is 17.1 Å². The molecule has 0 amide bonds. The molecule has 57 valence electrons. The normalized spacial score (nSPS) is 8.60. The molecule has 0 aliphatic carbocycles. The van der Waals surface area contributed by atoms with E-state index in [2.05, 4.69) is 6.92 Å². The smallest absolute Gasteiger partial charge is 0.129 e. The minimum atomic E-state index is 0. The molecule has 0 saturated carbocycles. The van der Waals surface area contributed by atoms with E-state index in [1.165, 1.54) is 19.3 Å². The van der Waals surface area contributed by atoms with E-state index in [4.69, 9.17) is 0 Å². The Hall–Kier alpha value is 0.774. The van der Waals surface area contributed by atoms with E-state index in [0.717, 1.165) is 12.8 Å². The molecule has 0 unspecified atom stereocenters. The molecule has 0 aromatic rings. The Bertz CT molecular complexity index is 81.3. The summed E-state index contributed by atoms with van der Waals surface area (Å²) in [6.07, 6.45) is 5.60. The second-order valence-corrected chi connectivity index (χ2v) is 2.51. The predicted octanol–water partition coefficient (Wildman–Crippen LogP) is 2.54. The summed E-state index contributed by atoms with van der Waals surface area (Å²) in [6, 6.07) is 0. The van der Waals surface area contributed by atoms with Gasteiger partial charge in [-0.3, -0.25) is 0 Å². The minimum Gasteiger partial charge on any atom is -0.300 e. The van der Waals surface area contributed by atoms with Crippen molar-refractivity contribution in [3.8, 4) is 0 Å². The second-order valence-electron chi connectivity index (χ2n) is 2.51. The Labute approximate surface area is 88.8 Å². The number of rotatable bonds is 5. The van der Waals surface area contributed by atoms with Gasteiger partial charge in [-0.05, 0) is 13.3 Å². The maximum atomic E-state index is 10.4. The van der Waals surface area contributed by atoms with Gasteiger partial charge in [-0.2, -0.15) is 0 Å². The maximum absolute atomic E-state index is 10.4. The van der Waals surface area contributed by atoms with Crippen molar-refractivity contribution in [2.75, 3.05) is 0 Å². The fourth-order valence-corrected chi connectivity index (χ4v) is 0.801. The van der Waals surface area contributed by atoms with Gasteiger partial charge < -0.3 is 4.79 Å². The standard InChI is InChI=1S/C8H16O.Y/c1-3-4-5-6-7-8(2)9;/h3-7H2,1-2H3;. The molecule has 0 aromatic heterocycles. The summed E-state index contributed by atoms with van der Waals surface area (Å²) in [7, 11) is 0. The summed E-state index contributed by atoms with van der Waals surface area (Å²) in [5.41, 5.74) is 0. The molecule has 10 heavy (non-hydrogen) atoms. The van der Waals surface area contributed by atoms with Crippen LogP contribution in [0.2, 0.25) is 0 Å². The number of hydrogen-bond donors (Lipinski definition) is 0. The Morgan fingerprint density at radius 3 is 2.20 bits per heavy atom. The van der Waals surface area contributed by atoms with Crippen molar-refractivity contribution in [2.24, 2.45) is 0 Å². The SMILES string of the molecule is CCCCCCC(C)=O.[Y]. The Kier molecular flexibility index (Phi) is 13.1.